The van der Waals surface area contributed by atoms with Gasteiger partial charge in [0, 0.05) is 13.0 Å². The van der Waals surface area contributed by atoms with Crippen molar-refractivity contribution in [2.24, 2.45) is 5.41 Å². The van der Waals surface area contributed by atoms with E-state index in [0.29, 0.717) is 0 Å². The molecule has 3 nitrogen and oxygen atoms in total. The minimum Gasteiger partial charge on any atom is -0.481 e. The van der Waals surface area contributed by atoms with Gasteiger partial charge in [0.2, 0.25) is 0 Å². The van der Waals surface area contributed by atoms with Gasteiger partial charge in [-0.3, -0.25) is 4.79 Å². The molecule has 0 saturated heterocycles. The Balaban J connectivity index is 0.000000861. The molecular formula is C12H12F4O3. The van der Waals surface area contributed by atoms with Gasteiger partial charge in [-0.15, -0.1) is 0 Å². The number of alkyl halides is 3. The maximum Gasteiger partial charge on any atom is 0.405 e. The standard InChI is InChI=1S/C11H8F4O2.CH4O/c12-7-3-1-6(2-4-7)8-5-10(8,9(16)17)11(13,14)15;1-2/h1-4,8H,5H2,(H,16,17);2H,1H3. The number of carbonyl (C=O) groups is 1. The molecule has 0 spiro atoms. The maximum atomic E-state index is 12.7. The van der Waals surface area contributed by atoms with Crippen LogP contribution in [0.15, 0.2) is 24.3 Å². The molecule has 0 heterocycles. The Kier molecular flexibility index (Phi) is 4.19. The van der Waals surface area contributed by atoms with Crippen LogP contribution in [0.4, 0.5) is 17.6 Å². The summed E-state index contributed by atoms with van der Waals surface area (Å²) in [4.78, 5) is 10.8. The minimum atomic E-state index is -4.79. The SMILES string of the molecule is CO.O=C(O)C1(C(F)(F)F)CC1c1ccc(F)cc1. The van der Waals surface area contributed by atoms with Crippen molar-refractivity contribution in [2.45, 2.75) is 18.5 Å². The molecule has 2 unspecified atom stereocenters. The first-order valence-electron chi connectivity index (χ1n) is 5.29. The minimum absolute atomic E-state index is 0.200. The summed E-state index contributed by atoms with van der Waals surface area (Å²) < 4.78 is 50.7. The van der Waals surface area contributed by atoms with E-state index in [1.807, 2.05) is 0 Å². The number of halogens is 4. The number of aliphatic carboxylic acids is 1. The van der Waals surface area contributed by atoms with Gasteiger partial charge < -0.3 is 10.2 Å². The van der Waals surface area contributed by atoms with Crippen LogP contribution in [0, 0.1) is 11.2 Å². The van der Waals surface area contributed by atoms with Crippen molar-refractivity contribution < 1.29 is 32.6 Å². The van der Waals surface area contributed by atoms with Crippen LogP contribution in [0.1, 0.15) is 17.9 Å². The van der Waals surface area contributed by atoms with Crippen molar-refractivity contribution in [3.63, 3.8) is 0 Å². The van der Waals surface area contributed by atoms with Gasteiger partial charge in [0.05, 0.1) is 0 Å². The van der Waals surface area contributed by atoms with Gasteiger partial charge in [-0.25, -0.2) is 4.39 Å². The third-order valence-corrected chi connectivity index (χ3v) is 3.12. The largest absolute Gasteiger partial charge is 0.481 e. The molecule has 2 rings (SSSR count). The summed E-state index contributed by atoms with van der Waals surface area (Å²) in [6.07, 6.45) is -5.28. The van der Waals surface area contributed by atoms with Crippen molar-refractivity contribution in [3.8, 4) is 0 Å². The van der Waals surface area contributed by atoms with Gasteiger partial charge in [-0.2, -0.15) is 13.2 Å². The number of hydrogen-bond acceptors (Lipinski definition) is 2. The molecule has 0 amide bonds. The van der Waals surface area contributed by atoms with Crippen molar-refractivity contribution in [1.29, 1.82) is 0 Å². The highest BCUT2D eigenvalue weighted by atomic mass is 19.4. The van der Waals surface area contributed by atoms with Gasteiger partial charge in [0.25, 0.3) is 0 Å². The van der Waals surface area contributed by atoms with E-state index in [1.54, 1.807) is 0 Å². The summed E-state index contributed by atoms with van der Waals surface area (Å²) in [5, 5.41) is 15.7. The van der Waals surface area contributed by atoms with E-state index in [9.17, 15) is 22.4 Å². The topological polar surface area (TPSA) is 57.5 Å². The zero-order valence-corrected chi connectivity index (χ0v) is 9.91. The van der Waals surface area contributed by atoms with Crippen molar-refractivity contribution in [2.75, 3.05) is 7.11 Å². The number of carboxylic acid groups (broad SMARTS) is 1. The van der Waals surface area contributed by atoms with E-state index in [1.165, 1.54) is 12.1 Å². The van der Waals surface area contributed by atoms with Crippen LogP contribution < -0.4 is 0 Å². The average molecular weight is 280 g/mol. The molecule has 1 saturated carbocycles. The van der Waals surface area contributed by atoms with E-state index < -0.39 is 35.7 Å². The molecule has 1 fully saturated rings. The summed E-state index contributed by atoms with van der Waals surface area (Å²) in [5.74, 6) is -3.57. The molecule has 0 radical (unpaired) electrons. The number of hydrogen-bond donors (Lipinski definition) is 2. The van der Waals surface area contributed by atoms with Crippen LogP contribution in [-0.4, -0.2) is 29.5 Å². The van der Waals surface area contributed by atoms with Crippen LogP contribution >= 0.6 is 0 Å². The van der Waals surface area contributed by atoms with Crippen LogP contribution in [0.25, 0.3) is 0 Å². The maximum absolute atomic E-state index is 12.7. The van der Waals surface area contributed by atoms with Crippen LogP contribution in [0.2, 0.25) is 0 Å². The molecule has 0 aliphatic heterocycles. The predicted octanol–water partition coefficient (Wildman–Crippen LogP) is 2.55. The van der Waals surface area contributed by atoms with Crippen molar-refractivity contribution in [3.05, 3.63) is 35.6 Å². The zero-order valence-electron chi connectivity index (χ0n) is 9.91. The second-order valence-corrected chi connectivity index (χ2v) is 4.08. The summed E-state index contributed by atoms with van der Waals surface area (Å²) in [7, 11) is 1.00. The van der Waals surface area contributed by atoms with Crippen molar-refractivity contribution >= 4 is 5.97 Å². The summed E-state index contributed by atoms with van der Waals surface area (Å²) in [6.45, 7) is 0. The lowest BCUT2D eigenvalue weighted by Crippen LogP contribution is -2.34. The third kappa shape index (κ3) is 2.56. The third-order valence-electron chi connectivity index (χ3n) is 3.12. The smallest absolute Gasteiger partial charge is 0.405 e. The van der Waals surface area contributed by atoms with E-state index in [-0.39, 0.29) is 5.56 Å². The Morgan fingerprint density at radius 2 is 1.74 bits per heavy atom. The Morgan fingerprint density at radius 3 is 2.05 bits per heavy atom. The quantitative estimate of drug-likeness (QED) is 0.818. The molecule has 0 bridgehead atoms. The number of aliphatic hydroxyl groups excluding tert-OH is 1. The highest BCUT2D eigenvalue weighted by Crippen LogP contribution is 2.67. The van der Waals surface area contributed by atoms with E-state index in [4.69, 9.17) is 10.2 Å². The molecule has 7 heteroatoms. The Labute approximate surface area is 106 Å². The van der Waals surface area contributed by atoms with Gasteiger partial charge in [-0.05, 0) is 24.1 Å². The van der Waals surface area contributed by atoms with E-state index in [0.717, 1.165) is 19.2 Å². The first-order valence-corrected chi connectivity index (χ1v) is 5.29. The summed E-state index contributed by atoms with van der Waals surface area (Å²) in [5.41, 5.74) is -2.50. The molecule has 2 atom stereocenters. The van der Waals surface area contributed by atoms with Gasteiger partial charge in [0.15, 0.2) is 5.41 Å². The average Bonchev–Trinajstić information content (AvgIpc) is 3.09. The predicted molar refractivity (Wildman–Crippen MR) is 58.0 cm³/mol. The lowest BCUT2D eigenvalue weighted by atomic mass is 9.98. The zero-order chi connectivity index (χ0) is 14.8. The molecule has 1 aromatic rings. The fourth-order valence-corrected chi connectivity index (χ4v) is 2.03. The second-order valence-electron chi connectivity index (χ2n) is 4.08. The first-order chi connectivity index (χ1) is 8.79. The fourth-order valence-electron chi connectivity index (χ4n) is 2.03. The number of aliphatic hydroxyl groups is 1. The van der Waals surface area contributed by atoms with Gasteiger partial charge in [0.1, 0.15) is 5.82 Å². The molecule has 2 N–H and O–H groups in total. The molecule has 1 aliphatic rings. The Bertz CT molecular complexity index is 455. The monoisotopic (exact) mass is 280 g/mol. The first kappa shape index (κ1) is 15.4. The second kappa shape index (κ2) is 5.16. The number of carboxylic acids is 1. The van der Waals surface area contributed by atoms with Gasteiger partial charge in [-0.1, -0.05) is 12.1 Å². The highest BCUT2D eigenvalue weighted by molar-refractivity contribution is 5.81. The van der Waals surface area contributed by atoms with E-state index in [2.05, 4.69) is 0 Å². The Hall–Kier alpha value is -1.63. The summed E-state index contributed by atoms with van der Waals surface area (Å²) in [6, 6.07) is 4.43. The Morgan fingerprint density at radius 1 is 1.26 bits per heavy atom. The molecule has 1 aliphatic carbocycles. The van der Waals surface area contributed by atoms with Crippen LogP contribution in [0.3, 0.4) is 0 Å². The number of rotatable bonds is 2. The van der Waals surface area contributed by atoms with Gasteiger partial charge >= 0.3 is 12.1 Å². The van der Waals surface area contributed by atoms with E-state index >= 15 is 0 Å². The molecular weight excluding hydrogens is 268 g/mol. The van der Waals surface area contributed by atoms with Crippen LogP contribution in [-0.2, 0) is 4.79 Å². The highest BCUT2D eigenvalue weighted by Gasteiger charge is 2.76. The molecule has 106 valence electrons. The molecule has 0 aromatic heterocycles. The molecule has 1 aromatic carbocycles. The number of benzene rings is 1. The normalized spacial score (nSPS) is 25.3. The molecule has 19 heavy (non-hydrogen) atoms. The van der Waals surface area contributed by atoms with Crippen LogP contribution in [0.5, 0.6) is 0 Å². The fraction of sp³-hybridized carbons (Fsp3) is 0.417. The lowest BCUT2D eigenvalue weighted by molar-refractivity contribution is -0.204. The lowest BCUT2D eigenvalue weighted by Gasteiger charge is -2.16. The van der Waals surface area contributed by atoms with Crippen molar-refractivity contribution in [1.82, 2.24) is 0 Å². The summed E-state index contributed by atoms with van der Waals surface area (Å²) >= 11 is 0.